The maximum atomic E-state index is 12.6. The first-order valence-corrected chi connectivity index (χ1v) is 9.50. The fourth-order valence-electron chi connectivity index (χ4n) is 2.58. The maximum absolute atomic E-state index is 12.6. The topological polar surface area (TPSA) is 122 Å². The summed E-state index contributed by atoms with van der Waals surface area (Å²) in [6.45, 7) is 3.34. The first-order chi connectivity index (χ1) is 12.8. The summed E-state index contributed by atoms with van der Waals surface area (Å²) in [6.07, 6.45) is 3.00. The van der Waals surface area contributed by atoms with Crippen LogP contribution in [0, 0.1) is 6.92 Å². The molecule has 140 valence electrons. The Bertz CT molecular complexity index is 1060. The van der Waals surface area contributed by atoms with Gasteiger partial charge in [-0.2, -0.15) is 0 Å². The molecule has 1 atom stereocenters. The number of aromatic nitrogens is 2. The second kappa shape index (κ2) is 7.29. The van der Waals surface area contributed by atoms with E-state index in [9.17, 15) is 18.3 Å². The van der Waals surface area contributed by atoms with E-state index in [2.05, 4.69) is 14.9 Å². The van der Waals surface area contributed by atoms with Gasteiger partial charge in [0.25, 0.3) is 0 Å². The average Bonchev–Trinajstić information content (AvgIpc) is 3.08. The first kappa shape index (κ1) is 18.7. The number of hydrogen-bond acceptors (Lipinski definition) is 6. The van der Waals surface area contributed by atoms with Crippen LogP contribution in [0.4, 0.5) is 0 Å². The second-order valence-corrected chi connectivity index (χ2v) is 7.69. The largest absolute Gasteiger partial charge is 0.477 e. The molecule has 0 radical (unpaired) electrons. The predicted octanol–water partition coefficient (Wildman–Crippen LogP) is 2.78. The number of benzene rings is 1. The lowest BCUT2D eigenvalue weighted by atomic mass is 10.1. The second-order valence-electron chi connectivity index (χ2n) is 5.97. The number of aromatic carboxylic acids is 1. The Labute approximate surface area is 155 Å². The Morgan fingerprint density at radius 1 is 1.22 bits per heavy atom. The van der Waals surface area contributed by atoms with Crippen LogP contribution in [0.25, 0.3) is 11.3 Å². The standard InChI is InChI=1S/C18H17N3O5S/c1-11-5-7-14(8-6-11)27(24,25)21-12(2)17-15(18(22)23)16(20-26-17)13-4-3-9-19-10-13/h3-10,12,21H,1-2H3,(H,22,23)/t12-/m1/s1. The van der Waals surface area contributed by atoms with Crippen LogP contribution >= 0.6 is 0 Å². The van der Waals surface area contributed by atoms with Gasteiger partial charge >= 0.3 is 5.97 Å². The van der Waals surface area contributed by atoms with Gasteiger partial charge in [-0.1, -0.05) is 22.9 Å². The van der Waals surface area contributed by atoms with Crippen LogP contribution in [-0.4, -0.2) is 29.6 Å². The van der Waals surface area contributed by atoms with Gasteiger partial charge in [0.15, 0.2) is 5.76 Å². The molecule has 0 amide bonds. The number of aryl methyl sites for hydroxylation is 1. The summed E-state index contributed by atoms with van der Waals surface area (Å²) in [7, 11) is -3.87. The summed E-state index contributed by atoms with van der Waals surface area (Å²) in [4.78, 5) is 15.8. The van der Waals surface area contributed by atoms with Crippen molar-refractivity contribution in [2.75, 3.05) is 0 Å². The normalized spacial score (nSPS) is 12.7. The molecule has 3 aromatic rings. The quantitative estimate of drug-likeness (QED) is 0.667. The molecular weight excluding hydrogens is 370 g/mol. The third-order valence-corrected chi connectivity index (χ3v) is 5.48. The minimum absolute atomic E-state index is 0.0730. The zero-order valence-electron chi connectivity index (χ0n) is 14.6. The van der Waals surface area contributed by atoms with Crippen molar-refractivity contribution in [2.45, 2.75) is 24.8 Å². The average molecular weight is 387 g/mol. The Hall–Kier alpha value is -3.04. The van der Waals surface area contributed by atoms with Crippen LogP contribution in [0.3, 0.4) is 0 Å². The molecule has 1 aromatic carbocycles. The lowest BCUT2D eigenvalue weighted by Gasteiger charge is -2.12. The molecule has 0 saturated carbocycles. The van der Waals surface area contributed by atoms with Crippen LogP contribution < -0.4 is 4.72 Å². The van der Waals surface area contributed by atoms with E-state index in [4.69, 9.17) is 4.52 Å². The van der Waals surface area contributed by atoms with E-state index in [0.29, 0.717) is 5.56 Å². The minimum atomic E-state index is -3.87. The van der Waals surface area contributed by atoms with Crippen molar-refractivity contribution in [3.05, 3.63) is 65.7 Å². The van der Waals surface area contributed by atoms with Gasteiger partial charge in [0.2, 0.25) is 10.0 Å². The van der Waals surface area contributed by atoms with Gasteiger partial charge in [-0.15, -0.1) is 0 Å². The molecule has 0 spiro atoms. The van der Waals surface area contributed by atoms with E-state index in [0.717, 1.165) is 5.56 Å². The monoisotopic (exact) mass is 387 g/mol. The molecule has 0 aliphatic rings. The highest BCUT2D eigenvalue weighted by molar-refractivity contribution is 7.89. The molecule has 2 aromatic heterocycles. The molecule has 0 unspecified atom stereocenters. The molecule has 0 aliphatic heterocycles. The highest BCUT2D eigenvalue weighted by Gasteiger charge is 2.29. The zero-order chi connectivity index (χ0) is 19.6. The number of nitrogens with zero attached hydrogens (tertiary/aromatic N) is 2. The van der Waals surface area contributed by atoms with Gasteiger partial charge < -0.3 is 9.63 Å². The van der Waals surface area contributed by atoms with Crippen molar-refractivity contribution in [2.24, 2.45) is 0 Å². The van der Waals surface area contributed by atoms with Gasteiger partial charge in [0.1, 0.15) is 11.3 Å². The van der Waals surface area contributed by atoms with Gasteiger partial charge in [-0.05, 0) is 38.1 Å². The van der Waals surface area contributed by atoms with Crippen LogP contribution in [0.2, 0.25) is 0 Å². The molecule has 27 heavy (non-hydrogen) atoms. The lowest BCUT2D eigenvalue weighted by molar-refractivity contribution is 0.0694. The van der Waals surface area contributed by atoms with Gasteiger partial charge in [-0.25, -0.2) is 17.9 Å². The van der Waals surface area contributed by atoms with Crippen molar-refractivity contribution < 1.29 is 22.8 Å². The third kappa shape index (κ3) is 3.88. The number of carboxylic acid groups (broad SMARTS) is 1. The molecule has 2 heterocycles. The molecule has 0 fully saturated rings. The summed E-state index contributed by atoms with van der Waals surface area (Å²) in [5, 5.41) is 13.4. The zero-order valence-corrected chi connectivity index (χ0v) is 15.4. The summed E-state index contributed by atoms with van der Waals surface area (Å²) < 4.78 is 32.7. The van der Waals surface area contributed by atoms with Crippen LogP contribution in [-0.2, 0) is 10.0 Å². The van der Waals surface area contributed by atoms with Crippen LogP contribution in [0.1, 0.15) is 34.6 Å². The summed E-state index contributed by atoms with van der Waals surface area (Å²) in [5.74, 6) is -1.36. The molecule has 8 nitrogen and oxygen atoms in total. The Morgan fingerprint density at radius 2 is 1.93 bits per heavy atom. The molecule has 0 saturated heterocycles. The van der Waals surface area contributed by atoms with Gasteiger partial charge in [-0.3, -0.25) is 4.98 Å². The maximum Gasteiger partial charge on any atom is 0.341 e. The van der Waals surface area contributed by atoms with Crippen molar-refractivity contribution in [3.8, 4) is 11.3 Å². The van der Waals surface area contributed by atoms with Gasteiger partial charge in [0, 0.05) is 18.0 Å². The number of hydrogen-bond donors (Lipinski definition) is 2. The number of carbonyl (C=O) groups is 1. The third-order valence-electron chi connectivity index (χ3n) is 3.92. The number of rotatable bonds is 6. The number of pyridine rings is 1. The summed E-state index contributed by atoms with van der Waals surface area (Å²) in [6, 6.07) is 8.64. The van der Waals surface area contributed by atoms with Crippen molar-refractivity contribution in [3.63, 3.8) is 0 Å². The minimum Gasteiger partial charge on any atom is -0.477 e. The highest BCUT2D eigenvalue weighted by atomic mass is 32.2. The van der Waals surface area contributed by atoms with E-state index in [1.165, 1.54) is 25.3 Å². The lowest BCUT2D eigenvalue weighted by Crippen LogP contribution is -2.27. The molecule has 9 heteroatoms. The fraction of sp³-hybridized carbons (Fsp3) is 0.167. The van der Waals surface area contributed by atoms with E-state index in [1.54, 1.807) is 30.5 Å². The van der Waals surface area contributed by atoms with E-state index in [1.807, 2.05) is 6.92 Å². The fourth-order valence-corrected chi connectivity index (χ4v) is 3.78. The SMILES string of the molecule is Cc1ccc(S(=O)(=O)N[C@H](C)c2onc(-c3cccnc3)c2C(=O)O)cc1. The van der Waals surface area contributed by atoms with Crippen molar-refractivity contribution in [1.29, 1.82) is 0 Å². The molecule has 0 aliphatic carbocycles. The first-order valence-electron chi connectivity index (χ1n) is 8.02. The predicted molar refractivity (Wildman–Crippen MR) is 96.6 cm³/mol. The molecule has 0 bridgehead atoms. The Kier molecular flexibility index (Phi) is 5.06. The number of nitrogens with one attached hydrogen (secondary N) is 1. The number of carboxylic acids is 1. The Morgan fingerprint density at radius 3 is 2.52 bits per heavy atom. The van der Waals surface area contributed by atoms with Crippen molar-refractivity contribution >= 4 is 16.0 Å². The number of sulfonamides is 1. The van der Waals surface area contributed by atoms with Crippen LogP contribution in [0.5, 0.6) is 0 Å². The smallest absolute Gasteiger partial charge is 0.341 e. The molecule has 3 rings (SSSR count). The van der Waals surface area contributed by atoms with E-state index < -0.39 is 22.0 Å². The van der Waals surface area contributed by atoms with Crippen molar-refractivity contribution in [1.82, 2.24) is 14.9 Å². The Balaban J connectivity index is 1.95. The summed E-state index contributed by atoms with van der Waals surface area (Å²) in [5.41, 5.74) is 1.26. The van der Waals surface area contributed by atoms with E-state index in [-0.39, 0.29) is 21.9 Å². The van der Waals surface area contributed by atoms with Gasteiger partial charge in [0.05, 0.1) is 10.9 Å². The van der Waals surface area contributed by atoms with E-state index >= 15 is 0 Å². The summed E-state index contributed by atoms with van der Waals surface area (Å²) >= 11 is 0. The molecular formula is C18H17N3O5S. The van der Waals surface area contributed by atoms with Crippen LogP contribution in [0.15, 0.2) is 58.2 Å². The highest BCUT2D eigenvalue weighted by Crippen LogP contribution is 2.29. The molecule has 2 N–H and O–H groups in total.